The van der Waals surface area contributed by atoms with Crippen LogP contribution in [0.4, 0.5) is 0 Å². The highest BCUT2D eigenvalue weighted by molar-refractivity contribution is 5.86. The Balaban J connectivity index is 1.60. The third-order valence-corrected chi connectivity index (χ3v) is 5.14. The van der Waals surface area contributed by atoms with Gasteiger partial charge in [0, 0.05) is 50.9 Å². The highest BCUT2D eigenvalue weighted by Gasteiger charge is 2.30. The van der Waals surface area contributed by atoms with Crippen LogP contribution in [0.1, 0.15) is 57.2 Å². The van der Waals surface area contributed by atoms with Crippen molar-refractivity contribution in [3.8, 4) is 0 Å². The average molecular weight is 332 g/mol. The van der Waals surface area contributed by atoms with E-state index >= 15 is 0 Å². The second-order valence-corrected chi connectivity index (χ2v) is 6.93. The number of aromatic nitrogens is 2. The lowest BCUT2D eigenvalue weighted by molar-refractivity contribution is -0.139. The van der Waals surface area contributed by atoms with Crippen LogP contribution in [0.15, 0.2) is 12.4 Å². The minimum absolute atomic E-state index is 0.0848. The molecule has 132 valence electrons. The fourth-order valence-corrected chi connectivity index (χ4v) is 3.75. The van der Waals surface area contributed by atoms with Crippen molar-refractivity contribution in [2.24, 2.45) is 0 Å². The molecule has 0 aromatic carbocycles. The van der Waals surface area contributed by atoms with E-state index in [0.29, 0.717) is 12.3 Å². The molecule has 2 saturated heterocycles. The number of unbranched alkanes of at least 4 members (excludes halogenated alkanes) is 1. The lowest BCUT2D eigenvalue weighted by Gasteiger charge is -2.33. The number of carbonyl (C=O) groups excluding carboxylic acids is 2. The van der Waals surface area contributed by atoms with Crippen molar-refractivity contribution < 1.29 is 9.59 Å². The molecular formula is C18H28N4O2. The lowest BCUT2D eigenvalue weighted by atomic mass is 9.97. The van der Waals surface area contributed by atoms with Crippen LogP contribution < -0.4 is 0 Å². The molecule has 3 rings (SSSR count). The topological polar surface area (TPSA) is 58.4 Å². The molecule has 0 spiro atoms. The molecule has 2 fully saturated rings. The van der Waals surface area contributed by atoms with Gasteiger partial charge >= 0.3 is 0 Å². The number of hydrogen-bond acceptors (Lipinski definition) is 3. The quantitative estimate of drug-likeness (QED) is 0.801. The maximum absolute atomic E-state index is 12.6. The number of nitrogens with zero attached hydrogens (tertiary/aromatic N) is 4. The molecule has 0 radical (unpaired) electrons. The zero-order chi connectivity index (χ0) is 16.9. The van der Waals surface area contributed by atoms with E-state index in [-0.39, 0.29) is 18.4 Å². The van der Waals surface area contributed by atoms with E-state index in [0.717, 1.165) is 64.1 Å². The number of rotatable bonds is 6. The van der Waals surface area contributed by atoms with Gasteiger partial charge in [-0.25, -0.2) is 4.98 Å². The molecule has 0 N–H and O–H groups in total. The Labute approximate surface area is 143 Å². The Kier molecular flexibility index (Phi) is 5.53. The van der Waals surface area contributed by atoms with Crippen molar-refractivity contribution in [3.63, 3.8) is 0 Å². The Hall–Kier alpha value is -1.85. The molecule has 2 aliphatic rings. The van der Waals surface area contributed by atoms with Crippen LogP contribution in [0, 0.1) is 0 Å². The summed E-state index contributed by atoms with van der Waals surface area (Å²) in [5.74, 6) is 1.62. The highest BCUT2D eigenvalue weighted by Crippen LogP contribution is 2.26. The van der Waals surface area contributed by atoms with E-state index < -0.39 is 0 Å². The average Bonchev–Trinajstić information content (AvgIpc) is 3.22. The van der Waals surface area contributed by atoms with Crippen molar-refractivity contribution in [1.29, 1.82) is 0 Å². The fraction of sp³-hybridized carbons (Fsp3) is 0.722. The van der Waals surface area contributed by atoms with Gasteiger partial charge in [-0.15, -0.1) is 0 Å². The number of amides is 2. The summed E-state index contributed by atoms with van der Waals surface area (Å²) < 4.78 is 2.24. The van der Waals surface area contributed by atoms with Gasteiger partial charge in [-0.1, -0.05) is 13.3 Å². The van der Waals surface area contributed by atoms with Crippen LogP contribution in [0.5, 0.6) is 0 Å². The Morgan fingerprint density at radius 1 is 1.33 bits per heavy atom. The van der Waals surface area contributed by atoms with E-state index in [1.54, 1.807) is 4.90 Å². The van der Waals surface area contributed by atoms with Crippen LogP contribution in [0.25, 0.3) is 0 Å². The summed E-state index contributed by atoms with van der Waals surface area (Å²) in [5.41, 5.74) is 0. The van der Waals surface area contributed by atoms with E-state index in [4.69, 9.17) is 0 Å². The summed E-state index contributed by atoms with van der Waals surface area (Å²) in [6, 6.07) is 0. The molecule has 1 atom stereocenters. The smallest absolute Gasteiger partial charge is 0.242 e. The first-order valence-corrected chi connectivity index (χ1v) is 9.25. The third-order valence-electron chi connectivity index (χ3n) is 5.14. The van der Waals surface area contributed by atoms with E-state index in [2.05, 4.69) is 22.7 Å². The van der Waals surface area contributed by atoms with Gasteiger partial charge in [0.15, 0.2) is 0 Å². The van der Waals surface area contributed by atoms with Crippen molar-refractivity contribution >= 4 is 11.8 Å². The van der Waals surface area contributed by atoms with E-state index in [9.17, 15) is 9.59 Å². The number of imidazole rings is 1. The zero-order valence-corrected chi connectivity index (χ0v) is 14.6. The van der Waals surface area contributed by atoms with Gasteiger partial charge in [0.05, 0.1) is 6.54 Å². The summed E-state index contributed by atoms with van der Waals surface area (Å²) in [6.45, 7) is 5.69. The van der Waals surface area contributed by atoms with E-state index in [1.165, 1.54) is 0 Å². The van der Waals surface area contributed by atoms with Crippen molar-refractivity contribution in [2.45, 2.75) is 57.9 Å². The molecule has 6 heteroatoms. The second-order valence-electron chi connectivity index (χ2n) is 6.93. The molecule has 2 aliphatic heterocycles. The molecule has 3 heterocycles. The minimum atomic E-state index is 0.0848. The first-order valence-electron chi connectivity index (χ1n) is 9.25. The Bertz CT molecular complexity index is 583. The molecule has 0 unspecified atom stereocenters. The van der Waals surface area contributed by atoms with Crippen molar-refractivity contribution in [1.82, 2.24) is 19.4 Å². The molecule has 0 saturated carbocycles. The summed E-state index contributed by atoms with van der Waals surface area (Å²) in [7, 11) is 0. The SMILES string of the molecule is CCCCn1ccnc1[C@@H]1CCCN(C(=O)CN2CCCC2=O)C1. The predicted octanol–water partition coefficient (Wildman–Crippen LogP) is 2.01. The minimum Gasteiger partial charge on any atom is -0.340 e. The van der Waals surface area contributed by atoms with E-state index in [1.807, 2.05) is 11.1 Å². The highest BCUT2D eigenvalue weighted by atomic mass is 16.2. The standard InChI is InChI=1S/C18H28N4O2/c1-2-3-9-20-12-8-19-18(20)15-6-4-10-21(13-15)17(24)14-22-11-5-7-16(22)23/h8,12,15H,2-7,9-11,13-14H2,1H3/t15-/m1/s1. The largest absolute Gasteiger partial charge is 0.340 e. The lowest BCUT2D eigenvalue weighted by Crippen LogP contribution is -2.45. The molecule has 0 aliphatic carbocycles. The molecule has 1 aromatic rings. The van der Waals surface area contributed by atoms with Gasteiger partial charge in [0.1, 0.15) is 5.82 Å². The molecule has 24 heavy (non-hydrogen) atoms. The number of aryl methyl sites for hydroxylation is 1. The number of carbonyl (C=O) groups is 2. The maximum atomic E-state index is 12.6. The Morgan fingerprint density at radius 3 is 2.96 bits per heavy atom. The first kappa shape index (κ1) is 17.0. The van der Waals surface area contributed by atoms with Crippen LogP contribution in [-0.2, 0) is 16.1 Å². The molecule has 6 nitrogen and oxygen atoms in total. The summed E-state index contributed by atoms with van der Waals surface area (Å²) in [5, 5.41) is 0. The summed E-state index contributed by atoms with van der Waals surface area (Å²) >= 11 is 0. The van der Waals surface area contributed by atoms with Gasteiger partial charge in [-0.05, 0) is 25.7 Å². The molecular weight excluding hydrogens is 304 g/mol. The van der Waals surface area contributed by atoms with Crippen LogP contribution >= 0.6 is 0 Å². The number of likely N-dealkylation sites (tertiary alicyclic amines) is 2. The summed E-state index contributed by atoms with van der Waals surface area (Å²) in [6.07, 6.45) is 9.78. The predicted molar refractivity (Wildman–Crippen MR) is 91.5 cm³/mol. The van der Waals surface area contributed by atoms with Gasteiger partial charge in [0.25, 0.3) is 0 Å². The Morgan fingerprint density at radius 2 is 2.21 bits per heavy atom. The second kappa shape index (κ2) is 7.81. The zero-order valence-electron chi connectivity index (χ0n) is 14.6. The van der Waals surface area contributed by atoms with Gasteiger partial charge in [-0.3, -0.25) is 9.59 Å². The third kappa shape index (κ3) is 3.79. The van der Waals surface area contributed by atoms with Crippen molar-refractivity contribution in [2.75, 3.05) is 26.2 Å². The molecule has 1 aromatic heterocycles. The van der Waals surface area contributed by atoms with Gasteiger partial charge < -0.3 is 14.4 Å². The normalized spacial score (nSPS) is 21.5. The number of hydrogen-bond donors (Lipinski definition) is 0. The monoisotopic (exact) mass is 332 g/mol. The van der Waals surface area contributed by atoms with Crippen LogP contribution in [0.3, 0.4) is 0 Å². The van der Waals surface area contributed by atoms with Crippen molar-refractivity contribution in [3.05, 3.63) is 18.2 Å². The summed E-state index contributed by atoms with van der Waals surface area (Å²) in [4.78, 5) is 32.5. The fourth-order valence-electron chi connectivity index (χ4n) is 3.75. The van der Waals surface area contributed by atoms with Gasteiger partial charge in [-0.2, -0.15) is 0 Å². The molecule has 0 bridgehead atoms. The first-order chi connectivity index (χ1) is 11.7. The maximum Gasteiger partial charge on any atom is 0.242 e. The number of piperidine rings is 1. The van der Waals surface area contributed by atoms with Gasteiger partial charge in [0.2, 0.25) is 11.8 Å². The molecule has 2 amide bonds. The van der Waals surface area contributed by atoms with Crippen LogP contribution in [0.2, 0.25) is 0 Å². The van der Waals surface area contributed by atoms with Crippen LogP contribution in [-0.4, -0.2) is 57.3 Å².